The van der Waals surface area contributed by atoms with Crippen LogP contribution in [-0.4, -0.2) is 26.3 Å². The lowest BCUT2D eigenvalue weighted by Gasteiger charge is -2.13. The highest BCUT2D eigenvalue weighted by Crippen LogP contribution is 2.20. The third-order valence-electron chi connectivity index (χ3n) is 4.49. The van der Waals surface area contributed by atoms with E-state index in [0.29, 0.717) is 11.4 Å². The second kappa shape index (κ2) is 9.76. The van der Waals surface area contributed by atoms with Gasteiger partial charge in [0.15, 0.2) is 0 Å². The molecule has 0 aromatic heterocycles. The number of anilines is 2. The van der Waals surface area contributed by atoms with Crippen molar-refractivity contribution in [2.45, 2.75) is 31.7 Å². The highest BCUT2D eigenvalue weighted by atomic mass is 32.2. The van der Waals surface area contributed by atoms with E-state index in [1.807, 2.05) is 25.1 Å². The van der Waals surface area contributed by atoms with Gasteiger partial charge in [-0.25, -0.2) is 13.1 Å². The lowest BCUT2D eigenvalue weighted by Crippen LogP contribution is -2.30. The van der Waals surface area contributed by atoms with Crippen LogP contribution in [0.1, 0.15) is 40.1 Å². The molecule has 8 heteroatoms. The molecular weight excluding hydrogens is 426 g/mol. The molecule has 3 N–H and O–H groups in total. The molecule has 0 atom stereocenters. The predicted octanol–water partition coefficient (Wildman–Crippen LogP) is 4.19. The van der Waals surface area contributed by atoms with Crippen LogP contribution >= 0.6 is 0 Å². The van der Waals surface area contributed by atoms with Crippen molar-refractivity contribution in [2.75, 3.05) is 10.6 Å². The zero-order valence-corrected chi connectivity index (χ0v) is 18.9. The number of aryl methyl sites for hydroxylation is 1. The van der Waals surface area contributed by atoms with Gasteiger partial charge in [-0.15, -0.1) is 0 Å². The van der Waals surface area contributed by atoms with Gasteiger partial charge in [-0.05, 0) is 68.8 Å². The lowest BCUT2D eigenvalue weighted by molar-refractivity contribution is 0.102. The molecule has 0 aliphatic heterocycles. The summed E-state index contributed by atoms with van der Waals surface area (Å²) >= 11 is 0. The van der Waals surface area contributed by atoms with Gasteiger partial charge in [0, 0.05) is 17.3 Å². The van der Waals surface area contributed by atoms with Crippen molar-refractivity contribution >= 4 is 33.2 Å². The number of nitrogens with one attached hydrogen (secondary N) is 3. The summed E-state index contributed by atoms with van der Waals surface area (Å²) in [6.45, 7) is 5.36. The number of amides is 2. The topological polar surface area (TPSA) is 104 Å². The summed E-state index contributed by atoms with van der Waals surface area (Å²) in [7, 11) is -3.74. The van der Waals surface area contributed by atoms with E-state index < -0.39 is 15.9 Å². The van der Waals surface area contributed by atoms with E-state index in [-0.39, 0.29) is 28.0 Å². The number of benzene rings is 3. The predicted molar refractivity (Wildman–Crippen MR) is 125 cm³/mol. The van der Waals surface area contributed by atoms with E-state index in [1.54, 1.807) is 44.2 Å². The molecule has 0 saturated heterocycles. The zero-order chi connectivity index (χ0) is 23.3. The molecule has 3 rings (SSSR count). The second-order valence-electron chi connectivity index (χ2n) is 7.63. The summed E-state index contributed by atoms with van der Waals surface area (Å²) < 4.78 is 27.3. The van der Waals surface area contributed by atoms with Gasteiger partial charge in [0.25, 0.3) is 11.8 Å². The van der Waals surface area contributed by atoms with Gasteiger partial charge in [-0.1, -0.05) is 30.3 Å². The molecule has 0 radical (unpaired) electrons. The van der Waals surface area contributed by atoms with Gasteiger partial charge in [-0.3, -0.25) is 9.59 Å². The average Bonchev–Trinajstić information content (AvgIpc) is 2.73. The summed E-state index contributed by atoms with van der Waals surface area (Å²) in [5, 5.41) is 5.53. The molecule has 3 aromatic rings. The van der Waals surface area contributed by atoms with E-state index in [0.717, 1.165) is 5.56 Å². The lowest BCUT2D eigenvalue weighted by atomic mass is 10.1. The number of carbonyl (C=O) groups is 2. The number of carbonyl (C=O) groups excluding carboxylic acids is 2. The van der Waals surface area contributed by atoms with Crippen LogP contribution in [-0.2, 0) is 10.0 Å². The summed E-state index contributed by atoms with van der Waals surface area (Å²) in [6, 6.07) is 19.5. The van der Waals surface area contributed by atoms with Crippen LogP contribution in [0.5, 0.6) is 0 Å². The molecule has 3 aromatic carbocycles. The Kier molecular flexibility index (Phi) is 7.07. The molecule has 0 spiro atoms. The fourth-order valence-electron chi connectivity index (χ4n) is 3.09. The van der Waals surface area contributed by atoms with Crippen LogP contribution in [0.15, 0.2) is 77.7 Å². The number of hydrogen-bond donors (Lipinski definition) is 3. The standard InChI is InChI=1S/C24H25N3O4S/c1-16(2)27-32(30,31)20-11-7-9-18(15-20)23(28)26-22-13-5-4-12-21(22)24(29)25-19-10-6-8-17(3)14-19/h4-16,27H,1-3H3,(H,25,29)(H,26,28). The largest absolute Gasteiger partial charge is 0.322 e. The normalized spacial score (nSPS) is 11.2. The zero-order valence-electron chi connectivity index (χ0n) is 18.0. The molecule has 0 unspecified atom stereocenters. The Labute approximate surface area is 187 Å². The SMILES string of the molecule is Cc1cccc(NC(=O)c2ccccc2NC(=O)c2cccc(S(=O)(=O)NC(C)C)c2)c1. The van der Waals surface area contributed by atoms with Crippen molar-refractivity contribution in [3.05, 3.63) is 89.5 Å². The smallest absolute Gasteiger partial charge is 0.257 e. The Bertz CT molecular complexity index is 1250. The monoisotopic (exact) mass is 451 g/mol. The molecular formula is C24H25N3O4S. The maximum Gasteiger partial charge on any atom is 0.257 e. The van der Waals surface area contributed by atoms with Crippen molar-refractivity contribution in [2.24, 2.45) is 0 Å². The highest BCUT2D eigenvalue weighted by molar-refractivity contribution is 7.89. The maximum absolute atomic E-state index is 12.8. The van der Waals surface area contributed by atoms with E-state index >= 15 is 0 Å². The molecule has 0 aliphatic carbocycles. The fraction of sp³-hybridized carbons (Fsp3) is 0.167. The van der Waals surface area contributed by atoms with Gasteiger partial charge >= 0.3 is 0 Å². The molecule has 166 valence electrons. The van der Waals surface area contributed by atoms with E-state index in [9.17, 15) is 18.0 Å². The molecule has 0 fully saturated rings. The van der Waals surface area contributed by atoms with Crippen molar-refractivity contribution in [1.29, 1.82) is 0 Å². The fourth-order valence-corrected chi connectivity index (χ4v) is 4.39. The molecule has 0 aliphatic rings. The number of hydrogen-bond acceptors (Lipinski definition) is 4. The summed E-state index contributed by atoms with van der Waals surface area (Å²) in [5.41, 5.74) is 2.41. The van der Waals surface area contributed by atoms with Gasteiger partial charge < -0.3 is 10.6 Å². The van der Waals surface area contributed by atoms with Crippen molar-refractivity contribution in [3.63, 3.8) is 0 Å². The first-order valence-corrected chi connectivity index (χ1v) is 11.5. The molecule has 0 saturated carbocycles. The van der Waals surface area contributed by atoms with Crippen LogP contribution in [0.25, 0.3) is 0 Å². The Balaban J connectivity index is 1.82. The summed E-state index contributed by atoms with van der Waals surface area (Å²) in [5.74, 6) is -0.897. The molecule has 0 bridgehead atoms. The van der Waals surface area contributed by atoms with E-state index in [1.165, 1.54) is 24.3 Å². The molecule has 32 heavy (non-hydrogen) atoms. The van der Waals surface area contributed by atoms with E-state index in [2.05, 4.69) is 15.4 Å². The van der Waals surface area contributed by atoms with Gasteiger partial charge in [0.05, 0.1) is 16.1 Å². The summed E-state index contributed by atoms with van der Waals surface area (Å²) in [6.07, 6.45) is 0. The number of para-hydroxylation sites is 1. The van der Waals surface area contributed by atoms with E-state index in [4.69, 9.17) is 0 Å². The maximum atomic E-state index is 12.8. The number of rotatable bonds is 7. The van der Waals surface area contributed by atoms with Gasteiger partial charge in [-0.2, -0.15) is 0 Å². The molecule has 2 amide bonds. The number of sulfonamides is 1. The molecule has 7 nitrogen and oxygen atoms in total. The Morgan fingerprint density at radius 2 is 1.53 bits per heavy atom. The average molecular weight is 452 g/mol. The van der Waals surface area contributed by atoms with Crippen LogP contribution in [0, 0.1) is 6.92 Å². The van der Waals surface area contributed by atoms with Crippen molar-refractivity contribution in [1.82, 2.24) is 4.72 Å². The minimum Gasteiger partial charge on any atom is -0.322 e. The quantitative estimate of drug-likeness (QED) is 0.501. The van der Waals surface area contributed by atoms with Gasteiger partial charge in [0.1, 0.15) is 0 Å². The molecule has 0 heterocycles. The summed E-state index contributed by atoms with van der Waals surface area (Å²) in [4.78, 5) is 25.6. The van der Waals surface area contributed by atoms with Crippen LogP contribution < -0.4 is 15.4 Å². The Morgan fingerprint density at radius 1 is 0.812 bits per heavy atom. The first-order valence-electron chi connectivity index (χ1n) is 10.1. The minimum absolute atomic E-state index is 0.00988. The Hall–Kier alpha value is -3.49. The van der Waals surface area contributed by atoms with Crippen molar-refractivity contribution < 1.29 is 18.0 Å². The minimum atomic E-state index is -3.74. The van der Waals surface area contributed by atoms with Crippen molar-refractivity contribution in [3.8, 4) is 0 Å². The van der Waals surface area contributed by atoms with Crippen LogP contribution in [0.3, 0.4) is 0 Å². The van der Waals surface area contributed by atoms with Crippen LogP contribution in [0.4, 0.5) is 11.4 Å². The van der Waals surface area contributed by atoms with Gasteiger partial charge in [0.2, 0.25) is 10.0 Å². The Morgan fingerprint density at radius 3 is 2.25 bits per heavy atom. The first-order chi connectivity index (χ1) is 15.2. The highest BCUT2D eigenvalue weighted by Gasteiger charge is 2.19. The third kappa shape index (κ3) is 5.81. The second-order valence-corrected chi connectivity index (χ2v) is 9.34. The van der Waals surface area contributed by atoms with Crippen LogP contribution in [0.2, 0.25) is 0 Å². The first kappa shape index (κ1) is 23.2. The third-order valence-corrected chi connectivity index (χ3v) is 6.15.